The normalized spacial score (nSPS) is 11.9. The Balaban J connectivity index is 2.97. The molecule has 0 bridgehead atoms. The van der Waals surface area contributed by atoms with E-state index in [-0.39, 0.29) is 23.4 Å². The Labute approximate surface area is 122 Å². The molecular formula is C12H9ClF3N3O2. The molecule has 9 heteroatoms. The lowest BCUT2D eigenvalue weighted by Crippen LogP contribution is -2.09. The van der Waals surface area contributed by atoms with E-state index in [1.165, 1.54) is 12.1 Å². The minimum atomic E-state index is -4.55. The number of aryl methyl sites for hydroxylation is 1. The Morgan fingerprint density at radius 1 is 1.48 bits per heavy atom. The molecule has 0 aliphatic carbocycles. The van der Waals surface area contributed by atoms with Crippen molar-refractivity contribution in [1.29, 1.82) is 0 Å². The molecule has 5 nitrogen and oxygen atoms in total. The average Bonchev–Trinajstić information content (AvgIpc) is 2.38. The van der Waals surface area contributed by atoms with Gasteiger partial charge in [-0.05, 0) is 36.1 Å². The monoisotopic (exact) mass is 319 g/mol. The molecule has 1 rings (SSSR count). The van der Waals surface area contributed by atoms with Gasteiger partial charge in [-0.1, -0.05) is 28.9 Å². The van der Waals surface area contributed by atoms with Crippen LogP contribution in [-0.4, -0.2) is 11.1 Å². The van der Waals surface area contributed by atoms with Gasteiger partial charge in [-0.2, -0.15) is 13.2 Å². The second-order valence-corrected chi connectivity index (χ2v) is 4.36. The average molecular weight is 320 g/mol. The molecule has 0 saturated heterocycles. The molecular weight excluding hydrogens is 311 g/mol. The summed E-state index contributed by atoms with van der Waals surface area (Å²) in [5.74, 6) is -1.44. The van der Waals surface area contributed by atoms with E-state index in [1.54, 1.807) is 0 Å². The molecule has 0 radical (unpaired) electrons. The maximum absolute atomic E-state index is 12.8. The van der Waals surface area contributed by atoms with Crippen LogP contribution < -0.4 is 0 Å². The predicted molar refractivity (Wildman–Crippen MR) is 69.6 cm³/mol. The second kappa shape index (κ2) is 7.01. The van der Waals surface area contributed by atoms with Gasteiger partial charge in [-0.3, -0.25) is 0 Å². The Morgan fingerprint density at radius 2 is 2.14 bits per heavy atom. The summed E-state index contributed by atoms with van der Waals surface area (Å²) in [6.07, 6.45) is -3.57. The smallest absolute Gasteiger partial charge is 0.416 e. The van der Waals surface area contributed by atoms with Crippen LogP contribution in [0.2, 0.25) is 5.02 Å². The lowest BCUT2D eigenvalue weighted by Gasteiger charge is -2.12. The number of carboxylic acid groups (broad SMARTS) is 1. The van der Waals surface area contributed by atoms with Crippen LogP contribution in [-0.2, 0) is 17.4 Å². The lowest BCUT2D eigenvalue weighted by atomic mass is 10.0. The minimum absolute atomic E-state index is 0.0196. The van der Waals surface area contributed by atoms with Crippen LogP contribution in [0.5, 0.6) is 0 Å². The number of halogens is 4. The van der Waals surface area contributed by atoms with Gasteiger partial charge in [-0.15, -0.1) is 0 Å². The maximum Gasteiger partial charge on any atom is 0.416 e. The van der Waals surface area contributed by atoms with Crippen molar-refractivity contribution in [3.05, 3.63) is 56.6 Å². The van der Waals surface area contributed by atoms with Crippen molar-refractivity contribution in [1.82, 2.24) is 0 Å². The highest BCUT2D eigenvalue weighted by Crippen LogP contribution is 2.34. The number of hydrogen-bond donors (Lipinski definition) is 1. The van der Waals surface area contributed by atoms with Gasteiger partial charge in [0, 0.05) is 9.93 Å². The Morgan fingerprint density at radius 3 is 2.67 bits per heavy atom. The molecule has 1 N–H and O–H groups in total. The molecule has 0 unspecified atom stereocenters. The van der Waals surface area contributed by atoms with E-state index in [9.17, 15) is 18.0 Å². The molecule has 0 atom stereocenters. The van der Waals surface area contributed by atoms with Crippen molar-refractivity contribution in [2.75, 3.05) is 0 Å². The van der Waals surface area contributed by atoms with Gasteiger partial charge >= 0.3 is 12.1 Å². The molecule has 0 amide bonds. The second-order valence-electron chi connectivity index (χ2n) is 3.92. The number of alkyl halides is 3. The quantitative estimate of drug-likeness (QED) is 0.373. The van der Waals surface area contributed by atoms with E-state index in [0.717, 1.165) is 12.1 Å². The molecule has 0 saturated carbocycles. The molecule has 1 aromatic rings. The van der Waals surface area contributed by atoms with Crippen molar-refractivity contribution in [2.24, 2.45) is 5.11 Å². The highest BCUT2D eigenvalue weighted by molar-refractivity contribution is 6.30. The number of rotatable bonds is 5. The fourth-order valence-electron chi connectivity index (χ4n) is 1.61. The number of aliphatic carboxylic acids is 1. The molecule has 0 aliphatic rings. The zero-order valence-electron chi connectivity index (χ0n) is 10.4. The van der Waals surface area contributed by atoms with Gasteiger partial charge in [0.2, 0.25) is 0 Å². The lowest BCUT2D eigenvalue weighted by molar-refractivity contribution is -0.138. The fourth-order valence-corrected chi connectivity index (χ4v) is 1.79. The van der Waals surface area contributed by atoms with Crippen LogP contribution in [0.3, 0.4) is 0 Å². The van der Waals surface area contributed by atoms with E-state index in [2.05, 4.69) is 10.0 Å². The molecule has 0 aromatic heterocycles. The van der Waals surface area contributed by atoms with Gasteiger partial charge in [-0.25, -0.2) is 4.79 Å². The van der Waals surface area contributed by atoms with Crippen LogP contribution >= 0.6 is 11.6 Å². The van der Waals surface area contributed by atoms with E-state index >= 15 is 0 Å². The van der Waals surface area contributed by atoms with Crippen molar-refractivity contribution >= 4 is 17.6 Å². The van der Waals surface area contributed by atoms with Crippen LogP contribution in [0.25, 0.3) is 10.4 Å². The number of azide groups is 1. The van der Waals surface area contributed by atoms with E-state index in [1.807, 2.05) is 0 Å². The zero-order valence-corrected chi connectivity index (χ0v) is 11.2. The van der Waals surface area contributed by atoms with Gasteiger partial charge < -0.3 is 5.11 Å². The molecule has 1 aromatic carbocycles. The third-order valence-corrected chi connectivity index (χ3v) is 2.74. The van der Waals surface area contributed by atoms with E-state index < -0.39 is 23.4 Å². The number of carboxylic acids is 1. The van der Waals surface area contributed by atoms with Crippen LogP contribution in [0.4, 0.5) is 13.2 Å². The van der Waals surface area contributed by atoms with Crippen molar-refractivity contribution < 1.29 is 23.1 Å². The van der Waals surface area contributed by atoms with Gasteiger partial charge in [0.25, 0.3) is 0 Å². The Kier molecular flexibility index (Phi) is 5.63. The highest BCUT2D eigenvalue weighted by atomic mass is 35.5. The Hall–Kier alpha value is -2.18. The molecule has 0 fully saturated rings. The Bertz CT molecular complexity index is 619. The first-order valence-corrected chi connectivity index (χ1v) is 5.97. The van der Waals surface area contributed by atoms with Crippen LogP contribution in [0, 0.1) is 0 Å². The SMILES string of the molecule is [N-]=[N+]=NC(=CCCc1ccc(Cl)cc1C(F)(F)F)C(=O)O. The third-order valence-electron chi connectivity index (χ3n) is 2.50. The van der Waals surface area contributed by atoms with Crippen LogP contribution in [0.15, 0.2) is 35.1 Å². The van der Waals surface area contributed by atoms with Crippen molar-refractivity contribution in [3.63, 3.8) is 0 Å². The fraction of sp³-hybridized carbons (Fsp3) is 0.250. The van der Waals surface area contributed by atoms with E-state index in [0.29, 0.717) is 0 Å². The predicted octanol–water partition coefficient (Wildman–Crippen LogP) is 4.57. The summed E-state index contributed by atoms with van der Waals surface area (Å²) in [4.78, 5) is 13.0. The third kappa shape index (κ3) is 5.02. The number of hydrogen-bond acceptors (Lipinski definition) is 2. The summed E-state index contributed by atoms with van der Waals surface area (Å²) in [7, 11) is 0. The highest BCUT2D eigenvalue weighted by Gasteiger charge is 2.33. The minimum Gasteiger partial charge on any atom is -0.478 e. The first-order valence-electron chi connectivity index (χ1n) is 5.60. The summed E-state index contributed by atoms with van der Waals surface area (Å²) in [6.45, 7) is 0. The zero-order chi connectivity index (χ0) is 16.0. The largest absolute Gasteiger partial charge is 0.478 e. The first-order chi connectivity index (χ1) is 9.75. The summed E-state index contributed by atoms with van der Waals surface area (Å²) in [6, 6.07) is 3.36. The molecule has 0 heterocycles. The number of benzene rings is 1. The maximum atomic E-state index is 12.8. The summed E-state index contributed by atoms with van der Waals surface area (Å²) in [5, 5.41) is 11.6. The summed E-state index contributed by atoms with van der Waals surface area (Å²) in [5.41, 5.74) is 6.73. The van der Waals surface area contributed by atoms with Gasteiger partial charge in [0.15, 0.2) is 0 Å². The summed E-state index contributed by atoms with van der Waals surface area (Å²) < 4.78 is 38.5. The number of nitrogens with zero attached hydrogens (tertiary/aromatic N) is 3. The molecule has 112 valence electrons. The number of allylic oxidation sites excluding steroid dienone is 1. The van der Waals surface area contributed by atoms with Crippen molar-refractivity contribution in [3.8, 4) is 0 Å². The van der Waals surface area contributed by atoms with Gasteiger partial charge in [0.1, 0.15) is 5.70 Å². The first kappa shape index (κ1) is 16.9. The van der Waals surface area contributed by atoms with Gasteiger partial charge in [0.05, 0.1) is 5.56 Å². The van der Waals surface area contributed by atoms with Crippen LogP contribution in [0.1, 0.15) is 17.5 Å². The molecule has 21 heavy (non-hydrogen) atoms. The molecule has 0 spiro atoms. The van der Waals surface area contributed by atoms with E-state index in [4.69, 9.17) is 22.2 Å². The summed E-state index contributed by atoms with van der Waals surface area (Å²) >= 11 is 5.55. The topological polar surface area (TPSA) is 86.1 Å². The number of carbonyl (C=O) groups is 1. The molecule has 0 aliphatic heterocycles. The van der Waals surface area contributed by atoms with Crippen molar-refractivity contribution in [2.45, 2.75) is 19.0 Å². The standard InChI is InChI=1S/C12H9ClF3N3O2/c13-8-5-4-7(9(6-8)12(14,15)16)2-1-3-10(11(20)21)18-19-17/h3-6H,1-2H2,(H,20,21).